The first kappa shape index (κ1) is 21.0. The van der Waals surface area contributed by atoms with E-state index in [2.05, 4.69) is 0 Å². The van der Waals surface area contributed by atoms with E-state index in [1.807, 2.05) is 32.0 Å². The molecule has 1 saturated heterocycles. The van der Waals surface area contributed by atoms with E-state index in [1.165, 1.54) is 29.4 Å². The molecule has 2 heterocycles. The Labute approximate surface area is 183 Å². The predicted octanol–water partition coefficient (Wildman–Crippen LogP) is 4.43. The molecule has 0 aliphatic carbocycles. The molecule has 1 unspecified atom stereocenters. The zero-order valence-electron chi connectivity index (χ0n) is 17.4. The van der Waals surface area contributed by atoms with Crippen molar-refractivity contribution in [1.29, 1.82) is 0 Å². The van der Waals surface area contributed by atoms with Gasteiger partial charge in [-0.25, -0.2) is 0 Å². The van der Waals surface area contributed by atoms with Gasteiger partial charge in [0.15, 0.2) is 0 Å². The molecule has 0 saturated carbocycles. The summed E-state index contributed by atoms with van der Waals surface area (Å²) in [5.74, 6) is -1.83. The molecular weight excluding hydrogens is 412 g/mol. The van der Waals surface area contributed by atoms with Crippen molar-refractivity contribution in [3.63, 3.8) is 0 Å². The third-order valence-electron chi connectivity index (χ3n) is 5.53. The number of aryl methyl sites for hydroxylation is 2. The van der Waals surface area contributed by atoms with Crippen molar-refractivity contribution in [2.24, 2.45) is 0 Å². The lowest BCUT2D eigenvalue weighted by molar-refractivity contribution is -0.384. The van der Waals surface area contributed by atoms with Crippen molar-refractivity contribution in [3.05, 3.63) is 105 Å². The molecule has 1 N–H and O–H groups in total. The summed E-state index contributed by atoms with van der Waals surface area (Å²) in [6, 6.07) is 13.4. The number of ketones is 1. The molecule has 162 valence electrons. The molecular formula is C24H20N2O6. The maximum atomic E-state index is 13.0. The van der Waals surface area contributed by atoms with Crippen LogP contribution in [-0.2, 0) is 16.1 Å². The summed E-state index contributed by atoms with van der Waals surface area (Å²) in [6.45, 7) is 3.98. The quantitative estimate of drug-likeness (QED) is 0.210. The number of furan rings is 1. The van der Waals surface area contributed by atoms with Crippen LogP contribution in [0, 0.1) is 24.0 Å². The summed E-state index contributed by atoms with van der Waals surface area (Å²) in [4.78, 5) is 37.9. The van der Waals surface area contributed by atoms with Crippen LogP contribution in [0.5, 0.6) is 0 Å². The minimum atomic E-state index is -0.968. The Balaban J connectivity index is 1.85. The van der Waals surface area contributed by atoms with E-state index in [9.17, 15) is 24.8 Å². The summed E-state index contributed by atoms with van der Waals surface area (Å²) in [5, 5.41) is 22.1. The fraction of sp³-hybridized carbons (Fsp3) is 0.167. The maximum absolute atomic E-state index is 13.0. The maximum Gasteiger partial charge on any atom is 0.296 e. The Morgan fingerprint density at radius 2 is 1.91 bits per heavy atom. The summed E-state index contributed by atoms with van der Waals surface area (Å²) in [5.41, 5.74) is 2.48. The van der Waals surface area contributed by atoms with E-state index in [0.717, 1.165) is 22.8 Å². The number of likely N-dealkylation sites (tertiary alicyclic amines) is 1. The Bertz CT molecular complexity index is 1260. The minimum absolute atomic E-state index is 0.0699. The highest BCUT2D eigenvalue weighted by Gasteiger charge is 2.47. The van der Waals surface area contributed by atoms with Crippen molar-refractivity contribution < 1.29 is 24.0 Å². The number of nitrogens with zero attached hydrogens (tertiary/aromatic N) is 2. The number of aliphatic hydroxyl groups excluding tert-OH is 1. The highest BCUT2D eigenvalue weighted by molar-refractivity contribution is 6.46. The van der Waals surface area contributed by atoms with Crippen molar-refractivity contribution >= 4 is 23.1 Å². The zero-order chi connectivity index (χ0) is 23.0. The topological polar surface area (TPSA) is 114 Å². The number of amides is 1. The van der Waals surface area contributed by atoms with Crippen LogP contribution in [0.2, 0.25) is 0 Å². The number of Topliss-reactive ketones (excluding diaryl/α,β-unsaturated/α-hetero) is 1. The Hall–Kier alpha value is -4.20. The van der Waals surface area contributed by atoms with E-state index >= 15 is 0 Å². The number of hydrogen-bond donors (Lipinski definition) is 1. The van der Waals surface area contributed by atoms with Crippen LogP contribution in [-0.4, -0.2) is 26.6 Å². The molecule has 0 bridgehead atoms. The van der Waals surface area contributed by atoms with Gasteiger partial charge in [0.2, 0.25) is 0 Å². The van der Waals surface area contributed by atoms with Crippen LogP contribution in [0.3, 0.4) is 0 Å². The number of aliphatic hydroxyl groups is 1. The van der Waals surface area contributed by atoms with E-state index in [4.69, 9.17) is 4.42 Å². The number of non-ortho nitro benzene ring substituents is 1. The standard InChI is InChI=1S/C24H20N2O6/c1-14-8-9-15(2)17(11-14)13-25-21(19-7-4-10-32-19)20(23(28)24(25)29)22(27)16-5-3-6-18(12-16)26(30)31/h3-12,21,27H,13H2,1-2H3/b22-20-. The van der Waals surface area contributed by atoms with Crippen LogP contribution < -0.4 is 0 Å². The largest absolute Gasteiger partial charge is 0.507 e. The fourth-order valence-corrected chi connectivity index (χ4v) is 3.86. The van der Waals surface area contributed by atoms with Crippen molar-refractivity contribution in [2.45, 2.75) is 26.4 Å². The number of nitro benzene ring substituents is 1. The van der Waals surface area contributed by atoms with Gasteiger partial charge in [0, 0.05) is 24.2 Å². The third-order valence-corrected chi connectivity index (χ3v) is 5.53. The average molecular weight is 432 g/mol. The molecule has 0 spiro atoms. The second-order valence-corrected chi connectivity index (χ2v) is 7.68. The highest BCUT2D eigenvalue weighted by Crippen LogP contribution is 2.41. The van der Waals surface area contributed by atoms with E-state index in [1.54, 1.807) is 12.1 Å². The van der Waals surface area contributed by atoms with Crippen LogP contribution >= 0.6 is 0 Å². The van der Waals surface area contributed by atoms with Gasteiger partial charge in [-0.1, -0.05) is 35.9 Å². The zero-order valence-corrected chi connectivity index (χ0v) is 17.4. The molecule has 1 amide bonds. The molecule has 2 aromatic carbocycles. The van der Waals surface area contributed by atoms with Crippen LogP contribution in [0.15, 0.2) is 70.9 Å². The summed E-state index contributed by atoms with van der Waals surface area (Å²) >= 11 is 0. The number of benzene rings is 2. The molecule has 32 heavy (non-hydrogen) atoms. The Morgan fingerprint density at radius 1 is 1.12 bits per heavy atom. The summed E-state index contributed by atoms with van der Waals surface area (Å²) in [7, 11) is 0. The van der Waals surface area contributed by atoms with Crippen molar-refractivity contribution in [2.75, 3.05) is 0 Å². The van der Waals surface area contributed by atoms with Gasteiger partial charge < -0.3 is 14.4 Å². The molecule has 1 fully saturated rings. The van der Waals surface area contributed by atoms with Gasteiger partial charge in [0.1, 0.15) is 17.6 Å². The van der Waals surface area contributed by atoms with Crippen LogP contribution in [0.25, 0.3) is 5.76 Å². The Morgan fingerprint density at radius 3 is 2.59 bits per heavy atom. The predicted molar refractivity (Wildman–Crippen MR) is 116 cm³/mol. The van der Waals surface area contributed by atoms with Crippen molar-refractivity contribution in [1.82, 2.24) is 4.90 Å². The first-order valence-electron chi connectivity index (χ1n) is 9.90. The van der Waals surface area contributed by atoms with Gasteiger partial charge in [-0.15, -0.1) is 0 Å². The fourth-order valence-electron chi connectivity index (χ4n) is 3.86. The van der Waals surface area contributed by atoms with Crippen LogP contribution in [0.4, 0.5) is 5.69 Å². The van der Waals surface area contributed by atoms with Gasteiger partial charge in [0.25, 0.3) is 17.4 Å². The molecule has 8 heteroatoms. The molecule has 3 aromatic rings. The second kappa shape index (κ2) is 8.14. The number of rotatable bonds is 5. The summed E-state index contributed by atoms with van der Waals surface area (Å²) in [6.07, 6.45) is 1.42. The molecule has 1 aliphatic heterocycles. The Kier molecular flexibility index (Phi) is 5.36. The normalized spacial score (nSPS) is 17.7. The average Bonchev–Trinajstić information content (AvgIpc) is 3.38. The van der Waals surface area contributed by atoms with E-state index in [0.29, 0.717) is 5.76 Å². The minimum Gasteiger partial charge on any atom is -0.507 e. The van der Waals surface area contributed by atoms with Gasteiger partial charge in [0.05, 0.1) is 16.8 Å². The third kappa shape index (κ3) is 3.66. The molecule has 0 radical (unpaired) electrons. The first-order valence-corrected chi connectivity index (χ1v) is 9.90. The first-order chi connectivity index (χ1) is 15.3. The molecule has 4 rings (SSSR count). The SMILES string of the molecule is Cc1ccc(C)c(CN2C(=O)C(=O)/C(=C(\O)c3cccc([N+](=O)[O-])c3)C2c2ccco2)c1. The summed E-state index contributed by atoms with van der Waals surface area (Å²) < 4.78 is 5.51. The van der Waals surface area contributed by atoms with Gasteiger partial charge in [-0.2, -0.15) is 0 Å². The number of nitro groups is 1. The van der Waals surface area contributed by atoms with Crippen LogP contribution in [0.1, 0.15) is 34.1 Å². The van der Waals surface area contributed by atoms with E-state index in [-0.39, 0.29) is 23.4 Å². The lowest BCUT2D eigenvalue weighted by atomic mass is 9.98. The molecule has 1 aliphatic rings. The lowest BCUT2D eigenvalue weighted by Crippen LogP contribution is -2.29. The van der Waals surface area contributed by atoms with Gasteiger partial charge in [-0.3, -0.25) is 19.7 Å². The lowest BCUT2D eigenvalue weighted by Gasteiger charge is -2.24. The smallest absolute Gasteiger partial charge is 0.296 e. The van der Waals surface area contributed by atoms with Crippen molar-refractivity contribution in [3.8, 4) is 0 Å². The molecule has 8 nitrogen and oxygen atoms in total. The monoisotopic (exact) mass is 432 g/mol. The second-order valence-electron chi connectivity index (χ2n) is 7.68. The highest BCUT2D eigenvalue weighted by atomic mass is 16.6. The molecule has 1 aromatic heterocycles. The van der Waals surface area contributed by atoms with Gasteiger partial charge >= 0.3 is 0 Å². The number of carbonyl (C=O) groups excluding carboxylic acids is 2. The van der Waals surface area contributed by atoms with Gasteiger partial charge in [-0.05, 0) is 37.1 Å². The van der Waals surface area contributed by atoms with E-state index < -0.39 is 28.4 Å². The number of hydrogen-bond acceptors (Lipinski definition) is 6. The molecule has 1 atom stereocenters. The number of carbonyl (C=O) groups is 2.